The molecule has 0 spiro atoms. The summed E-state index contributed by atoms with van der Waals surface area (Å²) in [6, 6.07) is 11.8. The van der Waals surface area contributed by atoms with Crippen molar-refractivity contribution >= 4 is 18.1 Å². The number of hydrazone groups is 1. The van der Waals surface area contributed by atoms with Gasteiger partial charge in [0.05, 0.1) is 25.5 Å². The predicted octanol–water partition coefficient (Wildman–Crippen LogP) is 8.24. The van der Waals surface area contributed by atoms with Gasteiger partial charge in [-0.15, -0.1) is 0 Å². The molecular formula is C33H48N2O5. The minimum Gasteiger partial charge on any atom is -0.497 e. The second kappa shape index (κ2) is 20.5. The fourth-order valence-corrected chi connectivity index (χ4v) is 4.38. The highest BCUT2D eigenvalue weighted by Gasteiger charge is 2.13. The highest BCUT2D eigenvalue weighted by atomic mass is 16.6. The fourth-order valence-electron chi connectivity index (χ4n) is 4.38. The Labute approximate surface area is 240 Å². The van der Waals surface area contributed by atoms with Crippen molar-refractivity contribution in [1.29, 1.82) is 0 Å². The molecule has 1 N–H and O–H groups in total. The lowest BCUT2D eigenvalue weighted by molar-refractivity contribution is -0.121. The zero-order valence-electron chi connectivity index (χ0n) is 24.7. The summed E-state index contributed by atoms with van der Waals surface area (Å²) in [6.45, 7) is 4.52. The van der Waals surface area contributed by atoms with Crippen molar-refractivity contribution in [2.24, 2.45) is 5.10 Å². The molecule has 7 nitrogen and oxygen atoms in total. The van der Waals surface area contributed by atoms with Crippen LogP contribution < -0.4 is 19.6 Å². The van der Waals surface area contributed by atoms with Crippen LogP contribution in [-0.2, 0) is 4.79 Å². The summed E-state index contributed by atoms with van der Waals surface area (Å²) in [7, 11) is 1.57. The van der Waals surface area contributed by atoms with Crippen LogP contribution in [0.1, 0.15) is 120 Å². The summed E-state index contributed by atoms with van der Waals surface area (Å²) in [6.07, 6.45) is 18.6. The molecule has 7 heteroatoms. The van der Waals surface area contributed by atoms with Gasteiger partial charge in [0.15, 0.2) is 11.5 Å². The Morgan fingerprint density at radius 1 is 0.775 bits per heavy atom. The molecule has 0 heterocycles. The Morgan fingerprint density at radius 3 is 1.95 bits per heavy atom. The topological polar surface area (TPSA) is 86.2 Å². The number of esters is 1. The summed E-state index contributed by atoms with van der Waals surface area (Å²) < 4.78 is 16.3. The van der Waals surface area contributed by atoms with Crippen LogP contribution in [0.4, 0.5) is 0 Å². The number of hydrogen-bond acceptors (Lipinski definition) is 6. The molecule has 0 saturated heterocycles. The van der Waals surface area contributed by atoms with E-state index >= 15 is 0 Å². The van der Waals surface area contributed by atoms with Gasteiger partial charge in [-0.1, -0.05) is 84.0 Å². The van der Waals surface area contributed by atoms with Gasteiger partial charge in [0.1, 0.15) is 5.75 Å². The van der Waals surface area contributed by atoms with E-state index in [0.29, 0.717) is 41.4 Å². The number of unbranched alkanes of at least 4 members (excludes halogenated alkanes) is 12. The molecule has 0 aliphatic rings. The van der Waals surface area contributed by atoms with Crippen LogP contribution in [0, 0.1) is 0 Å². The Kier molecular flexibility index (Phi) is 16.9. The van der Waals surface area contributed by atoms with Gasteiger partial charge >= 0.3 is 5.97 Å². The molecule has 1 amide bonds. The maximum absolute atomic E-state index is 12.5. The Balaban J connectivity index is 1.65. The SMILES string of the molecule is CCCCCCCCCCCCCCCC(=O)N/N=C/c1ccc(OC(=O)c2ccc(OC)cc2)c(OCC)c1. The number of nitrogens with zero attached hydrogens (tertiary/aromatic N) is 1. The number of amides is 1. The van der Waals surface area contributed by atoms with Gasteiger partial charge in [-0.3, -0.25) is 4.79 Å². The number of hydrogen-bond donors (Lipinski definition) is 1. The van der Waals surface area contributed by atoms with Gasteiger partial charge in [-0.2, -0.15) is 5.10 Å². The van der Waals surface area contributed by atoms with Crippen LogP contribution >= 0.6 is 0 Å². The fraction of sp³-hybridized carbons (Fsp3) is 0.545. The van der Waals surface area contributed by atoms with Crippen molar-refractivity contribution in [2.75, 3.05) is 13.7 Å². The van der Waals surface area contributed by atoms with E-state index < -0.39 is 5.97 Å². The average Bonchev–Trinajstić information content (AvgIpc) is 2.97. The van der Waals surface area contributed by atoms with Crippen molar-refractivity contribution in [3.63, 3.8) is 0 Å². The molecule has 0 fully saturated rings. The van der Waals surface area contributed by atoms with Crippen molar-refractivity contribution < 1.29 is 23.8 Å². The predicted molar refractivity (Wildman–Crippen MR) is 162 cm³/mol. The van der Waals surface area contributed by atoms with E-state index in [1.54, 1.807) is 55.8 Å². The second-order valence-corrected chi connectivity index (χ2v) is 10.0. The van der Waals surface area contributed by atoms with Crippen molar-refractivity contribution in [3.8, 4) is 17.2 Å². The second-order valence-electron chi connectivity index (χ2n) is 10.0. The van der Waals surface area contributed by atoms with Gasteiger partial charge in [-0.25, -0.2) is 10.2 Å². The summed E-state index contributed by atoms with van der Waals surface area (Å²) >= 11 is 0. The third kappa shape index (κ3) is 13.6. The van der Waals surface area contributed by atoms with E-state index in [1.807, 2.05) is 6.92 Å². The summed E-state index contributed by atoms with van der Waals surface area (Å²) in [5, 5.41) is 4.08. The van der Waals surface area contributed by atoms with Gasteiger partial charge < -0.3 is 14.2 Å². The van der Waals surface area contributed by atoms with E-state index in [4.69, 9.17) is 14.2 Å². The third-order valence-electron chi connectivity index (χ3n) is 6.71. The Hall–Kier alpha value is -3.35. The van der Waals surface area contributed by atoms with E-state index in [-0.39, 0.29) is 5.91 Å². The van der Waals surface area contributed by atoms with Crippen LogP contribution in [0.25, 0.3) is 0 Å². The molecule has 2 rings (SSSR count). The first kappa shape index (κ1) is 32.9. The smallest absolute Gasteiger partial charge is 0.343 e. The number of carbonyl (C=O) groups is 2. The molecule has 0 saturated carbocycles. The zero-order chi connectivity index (χ0) is 28.8. The van der Waals surface area contributed by atoms with Crippen LogP contribution in [-0.4, -0.2) is 31.8 Å². The minimum absolute atomic E-state index is 0.0885. The molecule has 0 radical (unpaired) electrons. The van der Waals surface area contributed by atoms with Crippen LogP contribution in [0.5, 0.6) is 17.2 Å². The molecule has 0 aliphatic carbocycles. The molecule has 0 aromatic heterocycles. The van der Waals surface area contributed by atoms with Crippen LogP contribution in [0.3, 0.4) is 0 Å². The van der Waals surface area contributed by atoms with Crippen LogP contribution in [0.15, 0.2) is 47.6 Å². The van der Waals surface area contributed by atoms with E-state index in [1.165, 1.54) is 70.6 Å². The number of methoxy groups -OCH3 is 1. The van der Waals surface area contributed by atoms with Gasteiger partial charge in [0.25, 0.3) is 0 Å². The number of nitrogens with one attached hydrogen (secondary N) is 1. The van der Waals surface area contributed by atoms with Crippen molar-refractivity contribution in [3.05, 3.63) is 53.6 Å². The summed E-state index contributed by atoms with van der Waals surface area (Å²) in [5.74, 6) is 0.810. The molecule has 220 valence electrons. The maximum Gasteiger partial charge on any atom is 0.343 e. The van der Waals surface area contributed by atoms with E-state index in [2.05, 4.69) is 17.5 Å². The first-order valence-electron chi connectivity index (χ1n) is 15.0. The van der Waals surface area contributed by atoms with Crippen LogP contribution in [0.2, 0.25) is 0 Å². The van der Waals surface area contributed by atoms with Crippen molar-refractivity contribution in [2.45, 2.75) is 104 Å². The molecule has 2 aromatic carbocycles. The first-order valence-corrected chi connectivity index (χ1v) is 15.0. The number of rotatable bonds is 21. The average molecular weight is 553 g/mol. The number of ether oxygens (including phenoxy) is 3. The molecule has 0 unspecified atom stereocenters. The first-order chi connectivity index (χ1) is 19.6. The lowest BCUT2D eigenvalue weighted by atomic mass is 10.0. The van der Waals surface area contributed by atoms with Crippen molar-refractivity contribution in [1.82, 2.24) is 5.43 Å². The van der Waals surface area contributed by atoms with Gasteiger partial charge in [0, 0.05) is 6.42 Å². The standard InChI is InChI=1S/C33H48N2O5/c1-4-6-7-8-9-10-11-12-13-14-15-16-17-18-32(36)35-34-26-27-19-24-30(31(25-27)39-5-2)40-33(37)28-20-22-29(38-3)23-21-28/h19-26H,4-18H2,1-3H3,(H,35,36)/b34-26+. The summed E-state index contributed by atoms with van der Waals surface area (Å²) in [5.41, 5.74) is 3.72. The molecule has 2 aromatic rings. The largest absolute Gasteiger partial charge is 0.497 e. The highest BCUT2D eigenvalue weighted by molar-refractivity contribution is 5.91. The quantitative estimate of drug-likeness (QED) is 0.0554. The highest BCUT2D eigenvalue weighted by Crippen LogP contribution is 2.29. The Morgan fingerprint density at radius 2 is 1.38 bits per heavy atom. The normalized spacial score (nSPS) is 11.0. The van der Waals surface area contributed by atoms with Gasteiger partial charge in [-0.05, 0) is 61.4 Å². The molecule has 40 heavy (non-hydrogen) atoms. The lowest BCUT2D eigenvalue weighted by Gasteiger charge is -2.11. The number of benzene rings is 2. The minimum atomic E-state index is -0.495. The third-order valence-corrected chi connectivity index (χ3v) is 6.71. The van der Waals surface area contributed by atoms with Gasteiger partial charge in [0.2, 0.25) is 5.91 Å². The molecule has 0 bridgehead atoms. The zero-order valence-corrected chi connectivity index (χ0v) is 24.7. The Bertz CT molecular complexity index is 1020. The lowest BCUT2D eigenvalue weighted by Crippen LogP contribution is -2.16. The number of carbonyl (C=O) groups excluding carboxylic acids is 2. The van der Waals surface area contributed by atoms with E-state index in [0.717, 1.165) is 12.8 Å². The maximum atomic E-state index is 12.5. The molecular weight excluding hydrogens is 504 g/mol. The molecule has 0 aliphatic heterocycles. The van der Waals surface area contributed by atoms with E-state index in [9.17, 15) is 9.59 Å². The molecule has 0 atom stereocenters. The monoisotopic (exact) mass is 552 g/mol. The summed E-state index contributed by atoms with van der Waals surface area (Å²) in [4.78, 5) is 24.7.